The SMILES string of the molecule is C=Cc1cc(CN2NC(=NCc3ccncc3)C=CC2=C)ccc1/C=C\C. The number of allylic oxidation sites excluding steroid dienone is 2. The molecule has 0 saturated heterocycles. The average Bonchev–Trinajstić information content (AvgIpc) is 2.70. The van der Waals surface area contributed by atoms with E-state index < -0.39 is 0 Å². The Hall–Kier alpha value is -3.40. The molecule has 2 heterocycles. The first kappa shape index (κ1) is 18.4. The number of aliphatic imine (C=N–C) groups is 1. The van der Waals surface area contributed by atoms with Crippen molar-refractivity contribution >= 4 is 18.0 Å². The second kappa shape index (κ2) is 8.81. The number of amidine groups is 1. The molecule has 1 aliphatic heterocycles. The average molecular weight is 356 g/mol. The number of benzene rings is 1. The van der Waals surface area contributed by atoms with Crippen LogP contribution >= 0.6 is 0 Å². The molecule has 4 nitrogen and oxygen atoms in total. The molecule has 136 valence electrons. The quantitative estimate of drug-likeness (QED) is 0.812. The summed E-state index contributed by atoms with van der Waals surface area (Å²) in [6.45, 7) is 11.4. The summed E-state index contributed by atoms with van der Waals surface area (Å²) in [6, 6.07) is 10.3. The number of pyridine rings is 1. The Balaban J connectivity index is 1.72. The second-order valence-corrected chi connectivity index (χ2v) is 6.25. The lowest BCUT2D eigenvalue weighted by Crippen LogP contribution is -2.42. The zero-order chi connectivity index (χ0) is 19.1. The molecule has 0 amide bonds. The normalized spacial score (nSPS) is 15.4. The molecule has 2 aromatic rings. The number of nitrogens with one attached hydrogen (secondary N) is 1. The number of aromatic nitrogens is 1. The molecule has 3 rings (SSSR count). The van der Waals surface area contributed by atoms with Crippen molar-refractivity contribution in [2.75, 3.05) is 0 Å². The number of rotatable bonds is 6. The van der Waals surface area contributed by atoms with E-state index in [1.54, 1.807) is 12.4 Å². The molecule has 1 aliphatic rings. The maximum absolute atomic E-state index is 4.63. The molecule has 0 fully saturated rings. The number of hydrogen-bond donors (Lipinski definition) is 1. The van der Waals surface area contributed by atoms with Gasteiger partial charge in [-0.15, -0.1) is 0 Å². The van der Waals surface area contributed by atoms with Gasteiger partial charge in [0.05, 0.1) is 18.8 Å². The van der Waals surface area contributed by atoms with Crippen LogP contribution in [-0.4, -0.2) is 15.8 Å². The largest absolute Gasteiger partial charge is 0.283 e. The maximum Gasteiger partial charge on any atom is 0.140 e. The Bertz CT molecular complexity index is 907. The smallest absolute Gasteiger partial charge is 0.140 e. The van der Waals surface area contributed by atoms with Crippen LogP contribution in [0, 0.1) is 0 Å². The van der Waals surface area contributed by atoms with Crippen LogP contribution in [0.15, 0.2) is 84.8 Å². The lowest BCUT2D eigenvalue weighted by molar-refractivity contribution is 0.301. The van der Waals surface area contributed by atoms with Crippen LogP contribution in [0.1, 0.15) is 29.2 Å². The second-order valence-electron chi connectivity index (χ2n) is 6.25. The first-order valence-corrected chi connectivity index (χ1v) is 8.92. The summed E-state index contributed by atoms with van der Waals surface area (Å²) >= 11 is 0. The van der Waals surface area contributed by atoms with E-state index in [1.165, 1.54) is 11.1 Å². The van der Waals surface area contributed by atoms with Crippen molar-refractivity contribution in [1.29, 1.82) is 0 Å². The Morgan fingerprint density at radius 2 is 1.93 bits per heavy atom. The third-order valence-electron chi connectivity index (χ3n) is 4.27. The van der Waals surface area contributed by atoms with Crippen molar-refractivity contribution in [3.8, 4) is 0 Å². The van der Waals surface area contributed by atoms with E-state index in [0.717, 1.165) is 22.7 Å². The number of nitrogens with zero attached hydrogens (tertiary/aromatic N) is 3. The van der Waals surface area contributed by atoms with Crippen molar-refractivity contribution in [3.05, 3.63) is 102 Å². The molecule has 0 saturated carbocycles. The standard InChI is InChI=1S/C23H24N4/c1-4-6-22-9-8-20(15-21(22)5-2)17-27-18(3)7-10-23(26-27)25-16-19-11-13-24-14-12-19/h4-15H,2-3,16-17H2,1H3,(H,25,26)/b6-4-. The van der Waals surface area contributed by atoms with Crippen molar-refractivity contribution in [2.45, 2.75) is 20.0 Å². The molecule has 1 N–H and O–H groups in total. The Kier molecular flexibility index (Phi) is 6.00. The zero-order valence-electron chi connectivity index (χ0n) is 15.6. The fraction of sp³-hybridized carbons (Fsp3) is 0.130. The third-order valence-corrected chi connectivity index (χ3v) is 4.27. The van der Waals surface area contributed by atoms with Crippen LogP contribution in [0.5, 0.6) is 0 Å². The Labute approximate surface area is 160 Å². The van der Waals surface area contributed by atoms with Crippen LogP contribution in [-0.2, 0) is 13.1 Å². The molecule has 0 aliphatic carbocycles. The Morgan fingerprint density at radius 3 is 2.67 bits per heavy atom. The van der Waals surface area contributed by atoms with E-state index >= 15 is 0 Å². The summed E-state index contributed by atoms with van der Waals surface area (Å²) in [6.07, 6.45) is 13.5. The van der Waals surface area contributed by atoms with Crippen LogP contribution in [0.3, 0.4) is 0 Å². The van der Waals surface area contributed by atoms with Crippen molar-refractivity contribution in [1.82, 2.24) is 15.4 Å². The van der Waals surface area contributed by atoms with E-state index in [4.69, 9.17) is 0 Å². The van der Waals surface area contributed by atoms with Gasteiger partial charge >= 0.3 is 0 Å². The monoisotopic (exact) mass is 356 g/mol. The van der Waals surface area contributed by atoms with Gasteiger partial charge in [-0.2, -0.15) is 0 Å². The summed E-state index contributed by atoms with van der Waals surface area (Å²) in [5, 5.41) is 2.00. The highest BCUT2D eigenvalue weighted by Crippen LogP contribution is 2.18. The van der Waals surface area contributed by atoms with Gasteiger partial charge in [-0.25, -0.2) is 0 Å². The molecule has 0 unspecified atom stereocenters. The highest BCUT2D eigenvalue weighted by molar-refractivity contribution is 5.94. The molecule has 4 heteroatoms. The molecule has 1 aromatic carbocycles. The fourth-order valence-corrected chi connectivity index (χ4v) is 2.82. The summed E-state index contributed by atoms with van der Waals surface area (Å²) in [5.41, 5.74) is 8.83. The van der Waals surface area contributed by atoms with Gasteiger partial charge in [0, 0.05) is 12.4 Å². The van der Waals surface area contributed by atoms with Crippen LogP contribution < -0.4 is 5.43 Å². The minimum absolute atomic E-state index is 0.605. The van der Waals surface area contributed by atoms with Gasteiger partial charge in [0.25, 0.3) is 0 Å². The Morgan fingerprint density at radius 1 is 1.11 bits per heavy atom. The maximum atomic E-state index is 4.63. The van der Waals surface area contributed by atoms with Crippen molar-refractivity contribution < 1.29 is 0 Å². The summed E-state index contributed by atoms with van der Waals surface area (Å²) < 4.78 is 0. The topological polar surface area (TPSA) is 40.5 Å². The summed E-state index contributed by atoms with van der Waals surface area (Å²) in [7, 11) is 0. The predicted molar refractivity (Wildman–Crippen MR) is 114 cm³/mol. The van der Waals surface area contributed by atoms with E-state index in [2.05, 4.69) is 52.8 Å². The van der Waals surface area contributed by atoms with Gasteiger partial charge in [-0.1, -0.05) is 43.5 Å². The van der Waals surface area contributed by atoms with Gasteiger partial charge in [0.2, 0.25) is 0 Å². The molecule has 0 atom stereocenters. The van der Waals surface area contributed by atoms with E-state index in [0.29, 0.717) is 13.1 Å². The molecular formula is C23H24N4. The van der Waals surface area contributed by atoms with E-state index in [1.807, 2.05) is 48.4 Å². The zero-order valence-corrected chi connectivity index (χ0v) is 15.6. The highest BCUT2D eigenvalue weighted by atomic mass is 15.5. The fourth-order valence-electron chi connectivity index (χ4n) is 2.82. The predicted octanol–water partition coefficient (Wildman–Crippen LogP) is 4.75. The molecule has 27 heavy (non-hydrogen) atoms. The summed E-state index contributed by atoms with van der Waals surface area (Å²) in [5.74, 6) is 0.814. The summed E-state index contributed by atoms with van der Waals surface area (Å²) in [4.78, 5) is 8.67. The molecule has 0 spiro atoms. The third kappa shape index (κ3) is 4.82. The van der Waals surface area contributed by atoms with Crippen LogP contribution in [0.25, 0.3) is 12.2 Å². The first-order chi connectivity index (χ1) is 13.2. The number of hydrogen-bond acceptors (Lipinski definition) is 3. The van der Waals surface area contributed by atoms with Gasteiger partial charge in [-0.3, -0.25) is 20.4 Å². The lowest BCUT2D eigenvalue weighted by atomic mass is 10.0. The minimum atomic E-state index is 0.605. The van der Waals surface area contributed by atoms with E-state index in [9.17, 15) is 0 Å². The van der Waals surface area contributed by atoms with E-state index in [-0.39, 0.29) is 0 Å². The van der Waals surface area contributed by atoms with Gasteiger partial charge in [0.1, 0.15) is 5.84 Å². The number of hydrazine groups is 1. The van der Waals surface area contributed by atoms with Gasteiger partial charge in [-0.05, 0) is 59.5 Å². The lowest BCUT2D eigenvalue weighted by Gasteiger charge is -2.30. The van der Waals surface area contributed by atoms with Crippen molar-refractivity contribution in [2.24, 2.45) is 4.99 Å². The minimum Gasteiger partial charge on any atom is -0.283 e. The van der Waals surface area contributed by atoms with Gasteiger partial charge < -0.3 is 0 Å². The molecule has 1 aromatic heterocycles. The van der Waals surface area contributed by atoms with Crippen LogP contribution in [0.2, 0.25) is 0 Å². The van der Waals surface area contributed by atoms with Gasteiger partial charge in [0.15, 0.2) is 0 Å². The molecule has 0 radical (unpaired) electrons. The highest BCUT2D eigenvalue weighted by Gasteiger charge is 2.13. The first-order valence-electron chi connectivity index (χ1n) is 8.92. The molecule has 0 bridgehead atoms. The van der Waals surface area contributed by atoms with Crippen LogP contribution in [0.4, 0.5) is 0 Å². The molecular weight excluding hydrogens is 332 g/mol. The van der Waals surface area contributed by atoms with Crippen molar-refractivity contribution in [3.63, 3.8) is 0 Å².